The summed E-state index contributed by atoms with van der Waals surface area (Å²) < 4.78 is 24.2. The van der Waals surface area contributed by atoms with Gasteiger partial charge >= 0.3 is 0 Å². The normalized spacial score (nSPS) is 22.5. The lowest BCUT2D eigenvalue weighted by Crippen LogP contribution is -2.46. The van der Waals surface area contributed by atoms with Crippen LogP contribution in [-0.2, 0) is 11.3 Å². The number of hydrogen-bond acceptors (Lipinski definition) is 4. The van der Waals surface area contributed by atoms with Crippen LogP contribution in [0.5, 0.6) is 5.75 Å². The van der Waals surface area contributed by atoms with Crippen molar-refractivity contribution in [2.24, 2.45) is 11.1 Å². The Bertz CT molecular complexity index is 462. The molecule has 21 heavy (non-hydrogen) atoms. The van der Waals surface area contributed by atoms with E-state index in [0.29, 0.717) is 19.7 Å². The Morgan fingerprint density at radius 1 is 1.48 bits per heavy atom. The molecule has 0 bridgehead atoms. The van der Waals surface area contributed by atoms with Gasteiger partial charge in [-0.3, -0.25) is 0 Å². The molecule has 5 heteroatoms. The van der Waals surface area contributed by atoms with E-state index < -0.39 is 0 Å². The minimum atomic E-state index is -0.321. The lowest BCUT2D eigenvalue weighted by atomic mass is 9.82. The summed E-state index contributed by atoms with van der Waals surface area (Å²) in [6, 6.07) is 5.09. The summed E-state index contributed by atoms with van der Waals surface area (Å²) in [4.78, 5) is 2.18. The Morgan fingerprint density at radius 3 is 2.86 bits per heavy atom. The molecule has 1 heterocycles. The van der Waals surface area contributed by atoms with E-state index in [1.54, 1.807) is 6.07 Å². The number of nitrogens with zero attached hydrogens (tertiary/aromatic N) is 1. The maximum absolute atomic E-state index is 13.7. The second kappa shape index (κ2) is 7.20. The number of rotatable bonds is 6. The van der Waals surface area contributed by atoms with Crippen molar-refractivity contribution in [3.05, 3.63) is 29.6 Å². The number of halogens is 1. The van der Waals surface area contributed by atoms with Crippen molar-refractivity contribution in [2.45, 2.75) is 19.4 Å². The van der Waals surface area contributed by atoms with Crippen molar-refractivity contribution >= 4 is 0 Å². The van der Waals surface area contributed by atoms with E-state index in [1.807, 2.05) is 13.1 Å². The van der Waals surface area contributed by atoms with Gasteiger partial charge in [-0.15, -0.1) is 0 Å². The van der Waals surface area contributed by atoms with Gasteiger partial charge in [0.2, 0.25) is 0 Å². The van der Waals surface area contributed by atoms with Crippen molar-refractivity contribution in [1.29, 1.82) is 0 Å². The van der Waals surface area contributed by atoms with Crippen molar-refractivity contribution in [3.8, 4) is 5.75 Å². The fourth-order valence-corrected chi connectivity index (χ4v) is 3.01. The molecule has 1 aromatic rings. The molecule has 2 N–H and O–H groups in total. The molecule has 0 spiro atoms. The molecule has 4 nitrogen and oxygen atoms in total. The molecule has 0 saturated carbocycles. The van der Waals surface area contributed by atoms with E-state index in [4.69, 9.17) is 15.2 Å². The van der Waals surface area contributed by atoms with Crippen LogP contribution < -0.4 is 10.5 Å². The zero-order chi connectivity index (χ0) is 15.3. The van der Waals surface area contributed by atoms with Crippen LogP contribution >= 0.6 is 0 Å². The first-order chi connectivity index (χ1) is 10.1. The molecule has 1 atom stereocenters. The Balaban J connectivity index is 1.97. The van der Waals surface area contributed by atoms with Crippen LogP contribution in [-0.4, -0.2) is 45.4 Å². The van der Waals surface area contributed by atoms with Crippen LogP contribution in [0.15, 0.2) is 18.2 Å². The largest absolute Gasteiger partial charge is 0.494 e. The third kappa shape index (κ3) is 4.15. The van der Waals surface area contributed by atoms with E-state index >= 15 is 0 Å². The molecule has 1 unspecified atom stereocenters. The van der Waals surface area contributed by atoms with Crippen LogP contribution in [0.1, 0.15) is 18.4 Å². The third-order valence-corrected chi connectivity index (χ3v) is 4.11. The van der Waals surface area contributed by atoms with Gasteiger partial charge in [0, 0.05) is 31.7 Å². The van der Waals surface area contributed by atoms with Gasteiger partial charge in [-0.05, 0) is 37.6 Å². The van der Waals surface area contributed by atoms with Gasteiger partial charge in [0.05, 0.1) is 13.7 Å². The fourth-order valence-electron chi connectivity index (χ4n) is 3.01. The predicted molar refractivity (Wildman–Crippen MR) is 80.8 cm³/mol. The lowest BCUT2D eigenvalue weighted by Gasteiger charge is -2.39. The fraction of sp³-hybridized carbons (Fsp3) is 0.625. The van der Waals surface area contributed by atoms with Crippen LogP contribution in [0, 0.1) is 11.2 Å². The zero-order valence-electron chi connectivity index (χ0n) is 12.9. The topological polar surface area (TPSA) is 47.7 Å². The van der Waals surface area contributed by atoms with Gasteiger partial charge < -0.3 is 20.1 Å². The predicted octanol–water partition coefficient (Wildman–Crippen LogP) is 2.02. The van der Waals surface area contributed by atoms with E-state index in [0.717, 1.165) is 31.6 Å². The summed E-state index contributed by atoms with van der Waals surface area (Å²) in [6.45, 7) is 3.70. The summed E-state index contributed by atoms with van der Waals surface area (Å²) in [5.41, 5.74) is 6.91. The highest BCUT2D eigenvalue weighted by Gasteiger charge is 2.32. The highest BCUT2D eigenvalue weighted by atomic mass is 19.1. The molecule has 1 fully saturated rings. The smallest absolute Gasteiger partial charge is 0.165 e. The monoisotopic (exact) mass is 296 g/mol. The molecular weight excluding hydrogens is 271 g/mol. The van der Waals surface area contributed by atoms with Crippen LogP contribution in [0.2, 0.25) is 0 Å². The number of ether oxygens (including phenoxy) is 2. The van der Waals surface area contributed by atoms with Crippen molar-refractivity contribution < 1.29 is 13.9 Å². The Morgan fingerprint density at radius 2 is 2.29 bits per heavy atom. The zero-order valence-corrected chi connectivity index (χ0v) is 12.9. The number of hydrogen-bond donors (Lipinski definition) is 1. The first-order valence-corrected chi connectivity index (χ1v) is 7.37. The van der Waals surface area contributed by atoms with Crippen molar-refractivity contribution in [1.82, 2.24) is 4.90 Å². The standard InChI is InChI=1S/C16H25FN2O2/c1-19(11-16(10-18)6-3-7-21-12-16)9-13-4-5-15(20-2)14(17)8-13/h4-5,8H,3,6-7,9-12,18H2,1-2H3. The minimum absolute atomic E-state index is 0.0258. The molecule has 0 aliphatic carbocycles. The Labute approximate surface area is 126 Å². The highest BCUT2D eigenvalue weighted by molar-refractivity contribution is 5.29. The molecular formula is C16H25FN2O2. The molecule has 1 aliphatic rings. The molecule has 0 aromatic heterocycles. The van der Waals surface area contributed by atoms with Gasteiger partial charge in [0.1, 0.15) is 0 Å². The molecule has 0 radical (unpaired) electrons. The van der Waals surface area contributed by atoms with Gasteiger partial charge in [-0.25, -0.2) is 4.39 Å². The maximum Gasteiger partial charge on any atom is 0.165 e. The summed E-state index contributed by atoms with van der Waals surface area (Å²) >= 11 is 0. The van der Waals surface area contributed by atoms with Gasteiger partial charge in [0.15, 0.2) is 11.6 Å². The molecule has 118 valence electrons. The number of benzene rings is 1. The van der Waals surface area contributed by atoms with E-state index in [1.165, 1.54) is 13.2 Å². The van der Waals surface area contributed by atoms with Crippen molar-refractivity contribution in [2.75, 3.05) is 40.5 Å². The summed E-state index contributed by atoms with van der Waals surface area (Å²) in [5.74, 6) is -0.0431. The quantitative estimate of drug-likeness (QED) is 0.872. The number of nitrogens with two attached hydrogens (primary N) is 1. The molecule has 1 saturated heterocycles. The van der Waals surface area contributed by atoms with Crippen molar-refractivity contribution in [3.63, 3.8) is 0 Å². The summed E-state index contributed by atoms with van der Waals surface area (Å²) in [5, 5.41) is 0. The molecule has 1 aliphatic heterocycles. The molecule has 0 amide bonds. The van der Waals surface area contributed by atoms with Crippen LogP contribution in [0.4, 0.5) is 4.39 Å². The highest BCUT2D eigenvalue weighted by Crippen LogP contribution is 2.29. The third-order valence-electron chi connectivity index (χ3n) is 4.11. The minimum Gasteiger partial charge on any atom is -0.494 e. The maximum atomic E-state index is 13.7. The SMILES string of the molecule is COc1ccc(CN(C)CC2(CN)CCCOC2)cc1F. The summed E-state index contributed by atoms with van der Waals surface area (Å²) in [6.07, 6.45) is 2.15. The van der Waals surface area contributed by atoms with Gasteiger partial charge in [0.25, 0.3) is 0 Å². The van der Waals surface area contributed by atoms with E-state index in [2.05, 4.69) is 4.90 Å². The second-order valence-corrected chi connectivity index (χ2v) is 6.00. The lowest BCUT2D eigenvalue weighted by molar-refractivity contribution is -0.0192. The molecule has 1 aromatic carbocycles. The molecule has 2 rings (SSSR count). The Kier molecular flexibility index (Phi) is 5.56. The average molecular weight is 296 g/mol. The van der Waals surface area contributed by atoms with Crippen LogP contribution in [0.3, 0.4) is 0 Å². The first kappa shape index (κ1) is 16.2. The second-order valence-electron chi connectivity index (χ2n) is 6.00. The summed E-state index contributed by atoms with van der Waals surface area (Å²) in [7, 11) is 3.51. The van der Waals surface area contributed by atoms with Gasteiger partial charge in [-0.2, -0.15) is 0 Å². The van der Waals surface area contributed by atoms with Gasteiger partial charge in [-0.1, -0.05) is 6.07 Å². The van der Waals surface area contributed by atoms with E-state index in [9.17, 15) is 4.39 Å². The average Bonchev–Trinajstić information content (AvgIpc) is 2.48. The first-order valence-electron chi connectivity index (χ1n) is 7.37. The van der Waals surface area contributed by atoms with Crippen LogP contribution in [0.25, 0.3) is 0 Å². The Hall–Kier alpha value is -1.17. The number of methoxy groups -OCH3 is 1. The van der Waals surface area contributed by atoms with E-state index in [-0.39, 0.29) is 17.0 Å².